The molecule has 19 nitrogen and oxygen atoms in total. The molecule has 0 radical (unpaired) electrons. The smallest absolute Gasteiger partial charge is 0.328 e. The first-order valence-electron chi connectivity index (χ1n) is 20.9. The number of esters is 1. The number of aliphatic hydroxyl groups excluding tert-OH is 2. The van der Waals surface area contributed by atoms with Crippen LogP contribution < -0.4 is 37.6 Å². The van der Waals surface area contributed by atoms with Crippen molar-refractivity contribution < 1.29 is 53.3 Å². The molecule has 1 aromatic carbocycles. The molecule has 342 valence electrons. The Morgan fingerprint density at radius 2 is 1.43 bits per heavy atom. The zero-order valence-corrected chi connectivity index (χ0v) is 36.7. The van der Waals surface area contributed by atoms with Crippen LogP contribution in [0.5, 0.6) is 0 Å². The van der Waals surface area contributed by atoms with Crippen LogP contribution in [0.1, 0.15) is 86.1 Å². The number of aliphatic hydroxyl groups is 2. The highest BCUT2D eigenvalue weighted by atomic mass is 16.5. The standard InChI is InChI=1S/C42H68N8O11/c1-9-25(6)36(41(59)48-35(24(4)5)42(60)61-8)49-40(58)32-16-13-17-50(32)21-33(53)28(19-27-14-11-10-12-15-27)45-38(56)30(20-34(43)54)47-37(55)29(18-23(2)3)46-39(57)31(22-51)44-26(7)52/h10-12,14-15,23-25,28-33,35-36,51,53H,9,13,16-22H2,1-8H3,(H2,43,54)(H,44,52)(H,45,56)(H,46,57)(H,47,55)(H,48,59)(H,49,58)/t25?,28-,29+,30?,31?,32+,33-,35?,36?/m1/s1. The van der Waals surface area contributed by atoms with Crippen molar-refractivity contribution in [3.8, 4) is 0 Å². The Morgan fingerprint density at radius 1 is 0.820 bits per heavy atom. The quantitative estimate of drug-likeness (QED) is 0.0523. The zero-order valence-electron chi connectivity index (χ0n) is 36.7. The summed E-state index contributed by atoms with van der Waals surface area (Å²) < 4.78 is 4.87. The number of β-amino-alcohol motifs (C(OH)–C–C–N with tert-alkyl or cyclic N) is 1. The number of primary amides is 1. The zero-order chi connectivity index (χ0) is 46.0. The van der Waals surface area contributed by atoms with Crippen molar-refractivity contribution in [2.45, 2.75) is 135 Å². The van der Waals surface area contributed by atoms with Crippen LogP contribution in [-0.2, 0) is 49.5 Å². The Bertz CT molecular complexity index is 1650. The molecule has 0 bridgehead atoms. The largest absolute Gasteiger partial charge is 0.467 e. The second kappa shape index (κ2) is 25.6. The van der Waals surface area contributed by atoms with E-state index in [2.05, 4.69) is 31.9 Å². The summed E-state index contributed by atoms with van der Waals surface area (Å²) in [5, 5.41) is 37.1. The van der Waals surface area contributed by atoms with E-state index < -0.39 is 109 Å². The Balaban J connectivity index is 2.34. The number of ether oxygens (including phenoxy) is 1. The molecule has 1 aromatic rings. The van der Waals surface area contributed by atoms with Crippen molar-refractivity contribution in [1.29, 1.82) is 0 Å². The van der Waals surface area contributed by atoms with Crippen LogP contribution in [0.4, 0.5) is 0 Å². The minimum Gasteiger partial charge on any atom is -0.467 e. The molecule has 2 rings (SSSR count). The Hall–Kier alpha value is -5.14. The van der Waals surface area contributed by atoms with Gasteiger partial charge >= 0.3 is 5.97 Å². The second-order valence-corrected chi connectivity index (χ2v) is 16.5. The highest BCUT2D eigenvalue weighted by Gasteiger charge is 2.39. The molecule has 1 aliphatic rings. The molecule has 19 heteroatoms. The highest BCUT2D eigenvalue weighted by Crippen LogP contribution is 2.21. The van der Waals surface area contributed by atoms with E-state index in [4.69, 9.17) is 10.5 Å². The van der Waals surface area contributed by atoms with Gasteiger partial charge in [-0.2, -0.15) is 0 Å². The lowest BCUT2D eigenvalue weighted by Crippen LogP contribution is -2.60. The molecule has 1 aliphatic heterocycles. The number of hydrogen-bond acceptors (Lipinski definition) is 12. The number of benzene rings is 1. The summed E-state index contributed by atoms with van der Waals surface area (Å²) >= 11 is 0. The van der Waals surface area contributed by atoms with E-state index in [9.17, 15) is 48.6 Å². The van der Waals surface area contributed by atoms with Gasteiger partial charge in [-0.3, -0.25) is 38.5 Å². The minimum absolute atomic E-state index is 0.0799. The number of carbonyl (C=O) groups is 8. The molecule has 1 saturated heterocycles. The third-order valence-corrected chi connectivity index (χ3v) is 10.6. The predicted molar refractivity (Wildman–Crippen MR) is 225 cm³/mol. The van der Waals surface area contributed by atoms with Crippen molar-refractivity contribution in [2.24, 2.45) is 23.5 Å². The summed E-state index contributed by atoms with van der Waals surface area (Å²) in [6.07, 6.45) is -0.149. The monoisotopic (exact) mass is 861 g/mol. The van der Waals surface area contributed by atoms with Crippen LogP contribution in [0.15, 0.2) is 30.3 Å². The lowest BCUT2D eigenvalue weighted by molar-refractivity contribution is -0.147. The maximum atomic E-state index is 14.0. The predicted octanol–water partition coefficient (Wildman–Crippen LogP) is -1.23. The van der Waals surface area contributed by atoms with Crippen LogP contribution in [0.2, 0.25) is 0 Å². The first kappa shape index (κ1) is 52.0. The van der Waals surface area contributed by atoms with E-state index in [-0.39, 0.29) is 37.1 Å². The van der Waals surface area contributed by atoms with E-state index in [1.165, 1.54) is 7.11 Å². The summed E-state index contributed by atoms with van der Waals surface area (Å²) in [6, 6.07) is 1.20. The first-order chi connectivity index (χ1) is 28.7. The topological polar surface area (TPSA) is 288 Å². The van der Waals surface area contributed by atoms with E-state index in [0.29, 0.717) is 25.8 Å². The fourth-order valence-corrected chi connectivity index (χ4v) is 7.06. The number of likely N-dealkylation sites (tertiary alicyclic amines) is 1. The van der Waals surface area contributed by atoms with E-state index in [1.807, 2.05) is 13.8 Å². The average Bonchev–Trinajstić information content (AvgIpc) is 3.67. The van der Waals surface area contributed by atoms with Crippen molar-refractivity contribution in [3.05, 3.63) is 35.9 Å². The summed E-state index contributed by atoms with van der Waals surface area (Å²) in [5.41, 5.74) is 6.24. The third-order valence-electron chi connectivity index (χ3n) is 10.6. The van der Waals surface area contributed by atoms with Gasteiger partial charge < -0.3 is 52.6 Å². The lowest BCUT2D eigenvalue weighted by Gasteiger charge is -2.33. The van der Waals surface area contributed by atoms with Crippen LogP contribution in [0.25, 0.3) is 0 Å². The lowest BCUT2D eigenvalue weighted by atomic mass is 9.96. The molecule has 10 N–H and O–H groups in total. The number of rotatable bonds is 25. The summed E-state index contributed by atoms with van der Waals surface area (Å²) in [4.78, 5) is 106. The molecule has 1 heterocycles. The average molecular weight is 861 g/mol. The number of methoxy groups -OCH3 is 1. The van der Waals surface area contributed by atoms with Gasteiger partial charge in [0.15, 0.2) is 0 Å². The number of nitrogens with one attached hydrogen (secondary N) is 6. The third kappa shape index (κ3) is 17.0. The molecular weight excluding hydrogens is 793 g/mol. The number of hydrogen-bond donors (Lipinski definition) is 9. The van der Waals surface area contributed by atoms with Crippen LogP contribution in [-0.4, -0.2) is 138 Å². The summed E-state index contributed by atoms with van der Waals surface area (Å²) in [7, 11) is 1.23. The van der Waals surface area contributed by atoms with Gasteiger partial charge in [0.1, 0.15) is 30.2 Å². The number of carbonyl (C=O) groups excluding carboxylic acids is 8. The Kier molecular flexibility index (Phi) is 21.8. The molecule has 0 spiro atoms. The molecule has 5 unspecified atom stereocenters. The maximum Gasteiger partial charge on any atom is 0.328 e. The van der Waals surface area contributed by atoms with Gasteiger partial charge in [0.2, 0.25) is 41.4 Å². The maximum absolute atomic E-state index is 14.0. The molecule has 7 amide bonds. The SMILES string of the molecule is CCC(C)C(NC(=O)[C@@H]1CCCN1C[C@@H](O)[C@@H](Cc1ccccc1)NC(=O)C(CC(N)=O)NC(=O)[C@H](CC(C)C)NC(=O)C(CO)NC(C)=O)C(=O)NC(C(=O)OC)C(C)C. The fourth-order valence-electron chi connectivity index (χ4n) is 7.06. The first-order valence-corrected chi connectivity index (χ1v) is 20.9. The molecule has 0 aromatic heterocycles. The Labute approximate surface area is 358 Å². The second-order valence-electron chi connectivity index (χ2n) is 16.5. The number of amides is 7. The molecule has 0 aliphatic carbocycles. The molecule has 61 heavy (non-hydrogen) atoms. The highest BCUT2D eigenvalue weighted by molar-refractivity contribution is 5.96. The molecule has 0 saturated carbocycles. The van der Waals surface area contributed by atoms with Gasteiger partial charge in [-0.15, -0.1) is 0 Å². The van der Waals surface area contributed by atoms with E-state index in [1.54, 1.807) is 62.9 Å². The van der Waals surface area contributed by atoms with Gasteiger partial charge in [0.25, 0.3) is 0 Å². The molecular formula is C42H68N8O11. The summed E-state index contributed by atoms with van der Waals surface area (Å²) in [5.74, 6) is -6.32. The Morgan fingerprint density at radius 3 is 1.97 bits per heavy atom. The van der Waals surface area contributed by atoms with Gasteiger partial charge in [-0.05, 0) is 55.5 Å². The van der Waals surface area contributed by atoms with Crippen molar-refractivity contribution in [1.82, 2.24) is 36.8 Å². The van der Waals surface area contributed by atoms with E-state index in [0.717, 1.165) is 12.5 Å². The summed E-state index contributed by atoms with van der Waals surface area (Å²) in [6.45, 7) is 11.6. The van der Waals surface area contributed by atoms with E-state index >= 15 is 0 Å². The van der Waals surface area contributed by atoms with Gasteiger partial charge in [-0.25, -0.2) is 4.79 Å². The van der Waals surface area contributed by atoms with Crippen LogP contribution in [0, 0.1) is 17.8 Å². The normalized spacial score (nSPS) is 18.0. The van der Waals surface area contributed by atoms with Gasteiger partial charge in [0.05, 0.1) is 38.3 Å². The molecule has 9 atom stereocenters. The van der Waals surface area contributed by atoms with Gasteiger partial charge in [0, 0.05) is 13.5 Å². The van der Waals surface area contributed by atoms with Crippen LogP contribution in [0.3, 0.4) is 0 Å². The van der Waals surface area contributed by atoms with Crippen molar-refractivity contribution in [3.63, 3.8) is 0 Å². The number of nitrogens with zero attached hydrogens (tertiary/aromatic N) is 1. The molecule has 1 fully saturated rings. The fraction of sp³-hybridized carbons (Fsp3) is 0.667. The minimum atomic E-state index is -1.53. The van der Waals surface area contributed by atoms with Crippen LogP contribution >= 0.6 is 0 Å². The number of nitrogens with two attached hydrogens (primary N) is 1. The van der Waals surface area contributed by atoms with Crippen molar-refractivity contribution >= 4 is 47.3 Å². The van der Waals surface area contributed by atoms with Crippen molar-refractivity contribution in [2.75, 3.05) is 26.8 Å². The van der Waals surface area contributed by atoms with Gasteiger partial charge in [-0.1, -0.05) is 78.3 Å².